The highest BCUT2D eigenvalue weighted by molar-refractivity contribution is 7.11. The molecule has 2 rings (SSSR count). The number of benzene rings is 1. The summed E-state index contributed by atoms with van der Waals surface area (Å²) in [7, 11) is 0. The molecule has 0 aliphatic carbocycles. The zero-order valence-corrected chi connectivity index (χ0v) is 18.3. The highest BCUT2D eigenvalue weighted by Crippen LogP contribution is 2.31. The third-order valence-electron chi connectivity index (χ3n) is 4.26. The SMILES string of the molecule is CC(C)NCCCNC(=O)Nc1snc(OCc2cc(CF)ccc2CF)c1C(N)=O. The van der Waals surface area contributed by atoms with E-state index in [4.69, 9.17) is 10.5 Å². The lowest BCUT2D eigenvalue weighted by atomic mass is 10.1. The van der Waals surface area contributed by atoms with Gasteiger partial charge in [0.2, 0.25) is 5.88 Å². The molecule has 2 aromatic rings. The maximum absolute atomic E-state index is 13.2. The number of alkyl halides is 2. The summed E-state index contributed by atoms with van der Waals surface area (Å²) in [6.07, 6.45) is 0.736. The lowest BCUT2D eigenvalue weighted by Crippen LogP contribution is -2.32. The normalized spacial score (nSPS) is 10.9. The van der Waals surface area contributed by atoms with Gasteiger partial charge in [-0.15, -0.1) is 0 Å². The Kier molecular flexibility index (Phi) is 9.60. The van der Waals surface area contributed by atoms with Crippen LogP contribution >= 0.6 is 11.5 Å². The highest BCUT2D eigenvalue weighted by atomic mass is 32.1. The number of aromatic nitrogens is 1. The van der Waals surface area contributed by atoms with E-state index in [0.29, 0.717) is 29.3 Å². The summed E-state index contributed by atoms with van der Waals surface area (Å²) in [5, 5.41) is 8.61. The molecule has 0 radical (unpaired) electrons. The Morgan fingerprint density at radius 2 is 1.97 bits per heavy atom. The molecular formula is C20H27F2N5O3S. The van der Waals surface area contributed by atoms with E-state index in [0.717, 1.165) is 24.5 Å². The Morgan fingerprint density at radius 1 is 1.19 bits per heavy atom. The number of anilines is 1. The molecule has 0 atom stereocenters. The van der Waals surface area contributed by atoms with Gasteiger partial charge in [-0.05, 0) is 47.3 Å². The van der Waals surface area contributed by atoms with Gasteiger partial charge >= 0.3 is 6.03 Å². The molecule has 0 bridgehead atoms. The van der Waals surface area contributed by atoms with Crippen LogP contribution in [0.1, 0.15) is 47.3 Å². The summed E-state index contributed by atoms with van der Waals surface area (Å²) in [4.78, 5) is 24.0. The predicted molar refractivity (Wildman–Crippen MR) is 116 cm³/mol. The maximum atomic E-state index is 13.2. The van der Waals surface area contributed by atoms with E-state index in [1.807, 2.05) is 13.8 Å². The number of amides is 3. The first kappa shape index (κ1) is 24.5. The Balaban J connectivity index is 2.01. The van der Waals surface area contributed by atoms with Gasteiger partial charge in [-0.2, -0.15) is 4.37 Å². The zero-order chi connectivity index (χ0) is 22.8. The second-order valence-corrected chi connectivity index (χ2v) is 7.83. The van der Waals surface area contributed by atoms with Crippen LogP contribution in [-0.2, 0) is 20.0 Å². The van der Waals surface area contributed by atoms with Crippen molar-refractivity contribution in [2.24, 2.45) is 5.73 Å². The Morgan fingerprint density at radius 3 is 2.61 bits per heavy atom. The lowest BCUT2D eigenvalue weighted by molar-refractivity contribution is 0.0996. The number of hydrogen-bond acceptors (Lipinski definition) is 6. The van der Waals surface area contributed by atoms with Gasteiger partial charge in [-0.25, -0.2) is 13.6 Å². The second-order valence-electron chi connectivity index (χ2n) is 7.06. The van der Waals surface area contributed by atoms with Gasteiger partial charge in [0.15, 0.2) is 0 Å². The summed E-state index contributed by atoms with van der Waals surface area (Å²) in [5.41, 5.74) is 6.51. The summed E-state index contributed by atoms with van der Waals surface area (Å²) < 4.78 is 35.7. The molecule has 11 heteroatoms. The van der Waals surface area contributed by atoms with Crippen LogP contribution in [0.4, 0.5) is 18.6 Å². The fraction of sp³-hybridized carbons (Fsp3) is 0.450. The molecule has 3 amide bonds. The fourth-order valence-corrected chi connectivity index (χ4v) is 3.41. The molecule has 8 nitrogen and oxygen atoms in total. The monoisotopic (exact) mass is 455 g/mol. The van der Waals surface area contributed by atoms with Crippen molar-refractivity contribution in [2.75, 3.05) is 18.4 Å². The fourth-order valence-electron chi connectivity index (χ4n) is 2.68. The molecular weight excluding hydrogens is 428 g/mol. The van der Waals surface area contributed by atoms with Crippen LogP contribution in [0.15, 0.2) is 18.2 Å². The van der Waals surface area contributed by atoms with Crippen molar-refractivity contribution in [2.45, 2.75) is 46.3 Å². The molecule has 0 unspecified atom stereocenters. The van der Waals surface area contributed by atoms with Crippen molar-refractivity contribution >= 4 is 28.5 Å². The van der Waals surface area contributed by atoms with Gasteiger partial charge in [0, 0.05) is 12.6 Å². The molecule has 1 aromatic heterocycles. The van der Waals surface area contributed by atoms with Crippen molar-refractivity contribution in [3.05, 3.63) is 40.5 Å². The van der Waals surface area contributed by atoms with Gasteiger partial charge in [0.05, 0.1) is 0 Å². The molecule has 1 heterocycles. The summed E-state index contributed by atoms with van der Waals surface area (Å²) in [5.74, 6) is -0.909. The molecule has 0 saturated carbocycles. The van der Waals surface area contributed by atoms with Crippen LogP contribution in [-0.4, -0.2) is 35.4 Å². The van der Waals surface area contributed by atoms with Crippen LogP contribution < -0.4 is 26.4 Å². The molecule has 0 saturated heterocycles. The molecule has 0 aliphatic heterocycles. The molecule has 0 aliphatic rings. The number of halogens is 2. The number of carbonyl (C=O) groups is 2. The van der Waals surface area contributed by atoms with Gasteiger partial charge in [-0.1, -0.05) is 26.0 Å². The van der Waals surface area contributed by atoms with Crippen molar-refractivity contribution in [3.63, 3.8) is 0 Å². The quantitative estimate of drug-likeness (QED) is 0.366. The average molecular weight is 456 g/mol. The summed E-state index contributed by atoms with van der Waals surface area (Å²) in [6.45, 7) is 3.69. The lowest BCUT2D eigenvalue weighted by Gasteiger charge is -2.11. The van der Waals surface area contributed by atoms with Crippen LogP contribution in [0.3, 0.4) is 0 Å². The van der Waals surface area contributed by atoms with E-state index in [1.54, 1.807) is 0 Å². The number of primary amides is 1. The molecule has 1 aromatic carbocycles. The number of ether oxygens (including phenoxy) is 1. The molecule has 0 spiro atoms. The first-order chi connectivity index (χ1) is 14.8. The van der Waals surface area contributed by atoms with E-state index < -0.39 is 25.3 Å². The number of urea groups is 1. The van der Waals surface area contributed by atoms with E-state index in [2.05, 4.69) is 20.3 Å². The minimum absolute atomic E-state index is 0.0786. The molecule has 0 fully saturated rings. The van der Waals surface area contributed by atoms with E-state index in [1.165, 1.54) is 18.2 Å². The largest absolute Gasteiger partial charge is 0.472 e. The third-order valence-corrected chi connectivity index (χ3v) is 5.01. The van der Waals surface area contributed by atoms with Crippen LogP contribution in [0.5, 0.6) is 5.88 Å². The highest BCUT2D eigenvalue weighted by Gasteiger charge is 2.22. The van der Waals surface area contributed by atoms with E-state index >= 15 is 0 Å². The van der Waals surface area contributed by atoms with Crippen molar-refractivity contribution in [3.8, 4) is 5.88 Å². The Hall–Kier alpha value is -2.79. The Labute approximate surface area is 183 Å². The van der Waals surface area contributed by atoms with Crippen LogP contribution in [0, 0.1) is 0 Å². The van der Waals surface area contributed by atoms with Gasteiger partial charge in [0.25, 0.3) is 5.91 Å². The number of rotatable bonds is 12. The maximum Gasteiger partial charge on any atom is 0.319 e. The smallest absolute Gasteiger partial charge is 0.319 e. The van der Waals surface area contributed by atoms with E-state index in [-0.39, 0.29) is 23.1 Å². The average Bonchev–Trinajstić information content (AvgIpc) is 3.13. The number of hydrogen-bond donors (Lipinski definition) is 4. The topological polar surface area (TPSA) is 118 Å². The summed E-state index contributed by atoms with van der Waals surface area (Å²) >= 11 is 0.839. The predicted octanol–water partition coefficient (Wildman–Crippen LogP) is 3.27. The van der Waals surface area contributed by atoms with Crippen molar-refractivity contribution in [1.82, 2.24) is 15.0 Å². The molecule has 170 valence electrons. The van der Waals surface area contributed by atoms with Crippen molar-refractivity contribution in [1.29, 1.82) is 0 Å². The van der Waals surface area contributed by atoms with Crippen LogP contribution in [0.2, 0.25) is 0 Å². The van der Waals surface area contributed by atoms with Gasteiger partial charge < -0.3 is 21.1 Å². The minimum atomic E-state index is -0.830. The second kappa shape index (κ2) is 12.2. The van der Waals surface area contributed by atoms with Gasteiger partial charge in [0.1, 0.15) is 30.5 Å². The molecule has 31 heavy (non-hydrogen) atoms. The van der Waals surface area contributed by atoms with Crippen molar-refractivity contribution < 1.29 is 23.1 Å². The number of carbonyl (C=O) groups excluding carboxylic acids is 2. The number of nitrogens with one attached hydrogen (secondary N) is 3. The molecule has 5 N–H and O–H groups in total. The number of nitrogens with zero attached hydrogens (tertiary/aromatic N) is 1. The minimum Gasteiger partial charge on any atom is -0.472 e. The summed E-state index contributed by atoms with van der Waals surface area (Å²) in [6, 6.07) is 4.33. The van der Waals surface area contributed by atoms with E-state index in [9.17, 15) is 18.4 Å². The standard InChI is InChI=1S/C20H27F2N5O3S/c1-12(2)24-6-3-7-25-20(29)26-19-16(17(23)28)18(27-31-19)30-11-15-8-13(9-21)4-5-14(15)10-22/h4-5,8,12,24H,3,6-7,9-11H2,1-2H3,(H2,23,28)(H2,25,26,29). The zero-order valence-electron chi connectivity index (χ0n) is 17.5. The van der Waals surface area contributed by atoms with Gasteiger partial charge in [-0.3, -0.25) is 10.1 Å². The Bertz CT molecular complexity index is 892. The number of nitrogens with two attached hydrogens (primary N) is 1. The first-order valence-corrected chi connectivity index (χ1v) is 10.6. The first-order valence-electron chi connectivity index (χ1n) is 9.78. The van der Waals surface area contributed by atoms with Crippen LogP contribution in [0.25, 0.3) is 0 Å². The third kappa shape index (κ3) is 7.44.